The Balaban J connectivity index is 0.00000711. The molecule has 4 heterocycles. The largest absolute Gasteiger partial charge is 0.501 e. The SMILES string of the molecule is CC1(CN2CCNCC2)CCC(c2ccc(Cl)cc2)=C(CN2CCN(c3ccc(C(=O)NS(=O)(=O)c4ccc(N[C@H](CCN5C[C@@H]6C[C@H]5CO6)CSc5ccccc5)c(S(=O)(=O)C(F)(F)F)c4)cc3)CC2)C1.Cl. The Morgan fingerprint density at radius 3 is 2.29 bits per heavy atom. The zero-order chi connectivity index (χ0) is 50.7. The van der Waals surface area contributed by atoms with Gasteiger partial charge in [0.1, 0.15) is 4.90 Å². The summed E-state index contributed by atoms with van der Waals surface area (Å²) in [6, 6.07) is 26.3. The van der Waals surface area contributed by atoms with Crippen molar-refractivity contribution in [2.45, 2.75) is 77.4 Å². The number of nitrogens with zero attached hydrogens (tertiary/aromatic N) is 4. The van der Waals surface area contributed by atoms with E-state index in [1.165, 1.54) is 40.6 Å². The van der Waals surface area contributed by atoms with Crippen molar-refractivity contribution < 1.29 is 39.5 Å². The first-order valence-corrected chi connectivity index (χ1v) is 29.0. The van der Waals surface area contributed by atoms with E-state index < -0.39 is 52.8 Å². The van der Waals surface area contributed by atoms with Gasteiger partial charge in [0.15, 0.2) is 0 Å². The third-order valence-electron chi connectivity index (χ3n) is 14.8. The van der Waals surface area contributed by atoms with Crippen LogP contribution in [0.4, 0.5) is 24.5 Å². The Kier molecular flexibility index (Phi) is 17.9. The molecule has 0 saturated carbocycles. The highest BCUT2D eigenvalue weighted by Gasteiger charge is 2.49. The number of likely N-dealkylation sites (tertiary alicyclic amines) is 1. The smallest absolute Gasteiger partial charge is 0.380 e. The van der Waals surface area contributed by atoms with E-state index in [2.05, 4.69) is 49.3 Å². The quantitative estimate of drug-likeness (QED) is 0.0824. The fraction of sp³-hybridized carbons (Fsp3) is 0.481. The lowest BCUT2D eigenvalue weighted by atomic mass is 9.71. The molecule has 1 aliphatic carbocycles. The molecule has 4 saturated heterocycles. The standard InChI is InChI=1S/C52H63ClF3N7O6S3.ClH/c1-51(36-61-23-20-57-21-24-61)19-17-47(37-7-11-40(53)12-8-37)39(31-51)32-60-25-27-62(28-26-60)42-13-9-38(10-14-42)50(64)59-72(67,68)46-15-16-48(49(30-46)71(65,66)52(54,55)56)58-41(35-70-45-5-3-2-4-6-45)18-22-63-33-44-29-43(63)34-69-44;/h2-16,30,41,43-44,57-58H,17-29,31-36H2,1H3,(H,59,64);1H/t41-,43+,44+,51?;/m1./s1. The average molecular weight is 1110 g/mol. The highest BCUT2D eigenvalue weighted by molar-refractivity contribution is 7.99. The first kappa shape index (κ1) is 55.3. The van der Waals surface area contributed by atoms with Crippen LogP contribution in [-0.4, -0.2) is 152 Å². The molecule has 21 heteroatoms. The predicted molar refractivity (Wildman–Crippen MR) is 285 cm³/mol. The monoisotopic (exact) mass is 1110 g/mol. The minimum Gasteiger partial charge on any atom is -0.380 e. The molecule has 73 heavy (non-hydrogen) atoms. The van der Waals surface area contributed by atoms with E-state index in [-0.39, 0.29) is 35.5 Å². The minimum absolute atomic E-state index is 0. The van der Waals surface area contributed by atoms with Gasteiger partial charge in [0.2, 0.25) is 0 Å². The van der Waals surface area contributed by atoms with Crippen LogP contribution in [0.25, 0.3) is 5.57 Å². The van der Waals surface area contributed by atoms with Gasteiger partial charge in [-0.25, -0.2) is 21.6 Å². The number of ether oxygens (including phenoxy) is 1. The van der Waals surface area contributed by atoms with Gasteiger partial charge in [0.05, 0.1) is 23.3 Å². The molecule has 0 radical (unpaired) electrons. The molecule has 1 amide bonds. The summed E-state index contributed by atoms with van der Waals surface area (Å²) in [7, 11) is -10.9. The van der Waals surface area contributed by atoms with Crippen LogP contribution in [0.15, 0.2) is 117 Å². The van der Waals surface area contributed by atoms with Gasteiger partial charge in [-0.1, -0.05) is 54.4 Å². The number of rotatable bonds is 18. The highest BCUT2D eigenvalue weighted by atomic mass is 35.5. The minimum atomic E-state index is -6.06. The number of sulfonamides is 1. The van der Waals surface area contributed by atoms with Crippen LogP contribution in [0.1, 0.15) is 54.9 Å². The third-order valence-corrected chi connectivity index (χ3v) is 19.0. The number of hydrogen-bond donors (Lipinski definition) is 3. The van der Waals surface area contributed by atoms with Crippen molar-refractivity contribution in [3.63, 3.8) is 0 Å². The number of thioether (sulfide) groups is 1. The zero-order valence-electron chi connectivity index (χ0n) is 40.8. The molecule has 4 atom stereocenters. The summed E-state index contributed by atoms with van der Waals surface area (Å²) >= 11 is 7.75. The van der Waals surface area contributed by atoms with E-state index in [9.17, 15) is 34.8 Å². The molecule has 2 bridgehead atoms. The second-order valence-electron chi connectivity index (χ2n) is 20.0. The number of anilines is 2. The van der Waals surface area contributed by atoms with Crippen molar-refractivity contribution in [2.75, 3.05) is 101 Å². The van der Waals surface area contributed by atoms with Crippen molar-refractivity contribution >= 4 is 78.5 Å². The number of hydrogen-bond acceptors (Lipinski definition) is 13. The van der Waals surface area contributed by atoms with Crippen molar-refractivity contribution in [3.8, 4) is 0 Å². The Bertz CT molecular complexity index is 2800. The molecule has 396 valence electrons. The number of carbonyl (C=O) groups is 1. The van der Waals surface area contributed by atoms with Gasteiger partial charge in [-0.05, 0) is 115 Å². The first-order chi connectivity index (χ1) is 34.4. The van der Waals surface area contributed by atoms with Crippen LogP contribution < -0.4 is 20.3 Å². The highest BCUT2D eigenvalue weighted by Crippen LogP contribution is 2.44. The van der Waals surface area contributed by atoms with Gasteiger partial charge in [-0.15, -0.1) is 24.2 Å². The Hall–Kier alpha value is -3.89. The summed E-state index contributed by atoms with van der Waals surface area (Å²) < 4.78 is 104. The topological polar surface area (TPSA) is 144 Å². The number of allylic oxidation sites excluding steroid dienone is 1. The van der Waals surface area contributed by atoms with Crippen molar-refractivity contribution in [1.82, 2.24) is 24.7 Å². The number of fused-ring (bicyclic) bond motifs is 2. The van der Waals surface area contributed by atoms with Gasteiger partial charge in [-0.2, -0.15) is 13.2 Å². The number of morpholine rings is 1. The van der Waals surface area contributed by atoms with Gasteiger partial charge >= 0.3 is 5.51 Å². The van der Waals surface area contributed by atoms with E-state index in [1.54, 1.807) is 12.1 Å². The molecule has 4 aliphatic heterocycles. The van der Waals surface area contributed by atoms with E-state index in [1.807, 2.05) is 47.2 Å². The molecule has 3 N–H and O–H groups in total. The zero-order valence-corrected chi connectivity index (χ0v) is 44.8. The summed E-state index contributed by atoms with van der Waals surface area (Å²) in [6.07, 6.45) is 4.67. The maximum absolute atomic E-state index is 14.3. The Morgan fingerprint density at radius 2 is 1.63 bits per heavy atom. The maximum Gasteiger partial charge on any atom is 0.501 e. The normalized spacial score (nSPS) is 22.8. The number of alkyl halides is 3. The van der Waals surface area contributed by atoms with E-state index in [0.717, 1.165) is 125 Å². The first-order valence-electron chi connectivity index (χ1n) is 24.7. The molecule has 4 fully saturated rings. The predicted octanol–water partition coefficient (Wildman–Crippen LogP) is 8.28. The summed E-state index contributed by atoms with van der Waals surface area (Å²) in [5.41, 5.74) is -1.00. The number of halogens is 5. The Morgan fingerprint density at radius 1 is 0.918 bits per heavy atom. The van der Waals surface area contributed by atoms with Crippen molar-refractivity contribution in [2.24, 2.45) is 5.41 Å². The molecule has 0 spiro atoms. The van der Waals surface area contributed by atoms with E-state index in [0.29, 0.717) is 31.4 Å². The number of nitrogens with one attached hydrogen (secondary N) is 3. The third kappa shape index (κ3) is 13.6. The van der Waals surface area contributed by atoms with Crippen LogP contribution in [0.3, 0.4) is 0 Å². The molecule has 9 rings (SSSR count). The number of benzene rings is 4. The molecular formula is C52H64Cl2F3N7O6S3. The molecule has 1 unspecified atom stereocenters. The molecule has 5 aliphatic rings. The molecule has 4 aromatic carbocycles. The van der Waals surface area contributed by atoms with Crippen molar-refractivity contribution in [1.29, 1.82) is 0 Å². The van der Waals surface area contributed by atoms with E-state index in [4.69, 9.17) is 16.3 Å². The maximum atomic E-state index is 14.3. The molecular weight excluding hydrogens is 1040 g/mol. The summed E-state index contributed by atoms with van der Waals surface area (Å²) in [4.78, 5) is 21.9. The fourth-order valence-corrected chi connectivity index (χ4v) is 14.0. The second kappa shape index (κ2) is 23.6. The fourth-order valence-electron chi connectivity index (χ4n) is 10.8. The van der Waals surface area contributed by atoms with Gasteiger partial charge in [0.25, 0.3) is 25.8 Å². The second-order valence-corrected chi connectivity index (χ2v) is 25.2. The summed E-state index contributed by atoms with van der Waals surface area (Å²) in [5, 5.41) is 7.22. The summed E-state index contributed by atoms with van der Waals surface area (Å²) in [6.45, 7) is 13.6. The average Bonchev–Trinajstić information content (AvgIpc) is 4.00. The molecule has 13 nitrogen and oxygen atoms in total. The number of amides is 1. The lowest BCUT2D eigenvalue weighted by Crippen LogP contribution is -2.49. The summed E-state index contributed by atoms with van der Waals surface area (Å²) in [5.74, 6) is -0.643. The van der Waals surface area contributed by atoms with Gasteiger partial charge in [-0.3, -0.25) is 14.6 Å². The molecule has 0 aromatic heterocycles. The Labute approximate surface area is 443 Å². The lowest BCUT2D eigenvalue weighted by molar-refractivity contribution is -0.0435. The van der Waals surface area contributed by atoms with Gasteiger partial charge < -0.3 is 25.2 Å². The van der Waals surface area contributed by atoms with Crippen LogP contribution in [0.2, 0.25) is 5.02 Å². The number of sulfone groups is 1. The van der Waals surface area contributed by atoms with Crippen LogP contribution in [-0.2, 0) is 24.6 Å². The molecule has 4 aromatic rings. The van der Waals surface area contributed by atoms with Crippen LogP contribution >= 0.6 is 35.8 Å². The lowest BCUT2D eigenvalue weighted by Gasteiger charge is -2.43. The van der Waals surface area contributed by atoms with Crippen LogP contribution in [0, 0.1) is 5.41 Å². The van der Waals surface area contributed by atoms with Gasteiger partial charge in [0, 0.05) is 118 Å². The number of carbonyl (C=O) groups excluding carboxylic acids is 1. The van der Waals surface area contributed by atoms with E-state index >= 15 is 0 Å². The number of piperazine rings is 2. The van der Waals surface area contributed by atoms with Crippen molar-refractivity contribution in [3.05, 3.63) is 119 Å². The van der Waals surface area contributed by atoms with Crippen LogP contribution in [0.5, 0.6) is 0 Å².